The van der Waals surface area contributed by atoms with E-state index in [1.807, 2.05) is 18.2 Å². The monoisotopic (exact) mass is 266 g/mol. The maximum Gasteiger partial charge on any atom is 0.293 e. The third-order valence-electron chi connectivity index (χ3n) is 2.67. The van der Waals surface area contributed by atoms with Crippen molar-refractivity contribution in [1.29, 1.82) is 0 Å². The summed E-state index contributed by atoms with van der Waals surface area (Å²) in [5.74, 6) is 0. The molecule has 0 amide bonds. The van der Waals surface area contributed by atoms with Crippen LogP contribution in [0.5, 0.6) is 0 Å². The number of carbonyl (C=O) groups is 1. The maximum absolute atomic E-state index is 12.4. The van der Waals surface area contributed by atoms with Gasteiger partial charge in [0.15, 0.2) is 0 Å². The summed E-state index contributed by atoms with van der Waals surface area (Å²) < 4.78 is 29.8. The molecular weight excluding hydrogens is 254 g/mol. The van der Waals surface area contributed by atoms with Crippen molar-refractivity contribution in [2.45, 2.75) is 19.0 Å². The summed E-state index contributed by atoms with van der Waals surface area (Å²) in [6.45, 7) is 0.349. The lowest BCUT2D eigenvalue weighted by Gasteiger charge is -2.14. The Hall–Kier alpha value is -2.24. The van der Waals surface area contributed by atoms with Gasteiger partial charge in [-0.05, 0) is 11.6 Å². The van der Waals surface area contributed by atoms with E-state index in [1.54, 1.807) is 12.1 Å². The molecule has 100 valence electrons. The molecule has 1 unspecified atom stereocenters. The lowest BCUT2D eigenvalue weighted by atomic mass is 10.0. The Labute approximate surface area is 108 Å². The summed E-state index contributed by atoms with van der Waals surface area (Å²) >= 11 is 0. The maximum atomic E-state index is 12.4. The van der Waals surface area contributed by atoms with Gasteiger partial charge < -0.3 is 4.74 Å². The van der Waals surface area contributed by atoms with Crippen molar-refractivity contribution in [3.05, 3.63) is 53.3 Å². The van der Waals surface area contributed by atoms with Crippen LogP contribution in [0.25, 0.3) is 0 Å². The van der Waals surface area contributed by atoms with Crippen molar-refractivity contribution in [2.24, 2.45) is 0 Å². The van der Waals surface area contributed by atoms with Crippen LogP contribution >= 0.6 is 0 Å². The zero-order chi connectivity index (χ0) is 13.7. The summed E-state index contributed by atoms with van der Waals surface area (Å²) in [5.41, 5.74) is 0.974. The van der Waals surface area contributed by atoms with Crippen LogP contribution in [0.4, 0.5) is 8.78 Å². The van der Waals surface area contributed by atoms with E-state index in [9.17, 15) is 13.6 Å². The summed E-state index contributed by atoms with van der Waals surface area (Å²) in [6.07, 6.45) is -2.88. The Morgan fingerprint density at radius 3 is 2.63 bits per heavy atom. The first-order chi connectivity index (χ1) is 9.20. The molecule has 0 aliphatic heterocycles. The van der Waals surface area contributed by atoms with Gasteiger partial charge in [0.25, 0.3) is 12.9 Å². The van der Waals surface area contributed by atoms with Crippen molar-refractivity contribution >= 4 is 6.47 Å². The molecular formula is C13H12F2N2O2. The molecule has 19 heavy (non-hydrogen) atoms. The van der Waals surface area contributed by atoms with E-state index in [-0.39, 0.29) is 12.1 Å². The Balaban J connectivity index is 2.14. The van der Waals surface area contributed by atoms with Crippen molar-refractivity contribution in [2.75, 3.05) is 0 Å². The highest BCUT2D eigenvalue weighted by Gasteiger charge is 2.17. The third-order valence-corrected chi connectivity index (χ3v) is 2.67. The number of aromatic amines is 1. The number of alkyl halides is 2. The molecule has 4 nitrogen and oxygen atoms in total. The molecule has 2 rings (SSSR count). The minimum absolute atomic E-state index is 0.266. The lowest BCUT2D eigenvalue weighted by Crippen LogP contribution is -2.07. The number of carbonyl (C=O) groups excluding carboxylic acids is 1. The van der Waals surface area contributed by atoms with Gasteiger partial charge in [-0.25, -0.2) is 8.78 Å². The number of benzene rings is 1. The highest BCUT2D eigenvalue weighted by atomic mass is 19.3. The molecule has 0 aliphatic carbocycles. The molecule has 1 N–H and O–H groups in total. The van der Waals surface area contributed by atoms with Crippen LogP contribution in [0.3, 0.4) is 0 Å². The van der Waals surface area contributed by atoms with Gasteiger partial charge in [-0.1, -0.05) is 30.3 Å². The predicted octanol–water partition coefficient (Wildman–Crippen LogP) is 2.80. The molecule has 0 bridgehead atoms. The summed E-state index contributed by atoms with van der Waals surface area (Å²) in [4.78, 5) is 10.5. The van der Waals surface area contributed by atoms with Crippen LogP contribution in [0.2, 0.25) is 0 Å². The number of hydrogen-bond donors (Lipinski definition) is 1. The number of hydrogen-bond acceptors (Lipinski definition) is 3. The van der Waals surface area contributed by atoms with E-state index in [4.69, 9.17) is 4.74 Å². The molecule has 1 aromatic heterocycles. The molecule has 6 heteroatoms. The first-order valence-corrected chi connectivity index (χ1v) is 5.67. The molecule has 0 saturated carbocycles. The largest absolute Gasteiger partial charge is 0.459 e. The summed E-state index contributed by atoms with van der Waals surface area (Å²) in [6, 6.07) is 10.3. The fourth-order valence-electron chi connectivity index (χ4n) is 1.77. The molecule has 1 aromatic carbocycles. The number of nitrogens with zero attached hydrogens (tertiary/aromatic N) is 1. The van der Waals surface area contributed by atoms with Crippen LogP contribution in [0.1, 0.15) is 29.5 Å². The number of nitrogens with one attached hydrogen (secondary N) is 1. The van der Waals surface area contributed by atoms with Gasteiger partial charge in [0.05, 0.1) is 0 Å². The van der Waals surface area contributed by atoms with Gasteiger partial charge in [-0.15, -0.1) is 0 Å². The number of H-pyrrole nitrogens is 1. The number of ether oxygens (including phenoxy) is 1. The summed E-state index contributed by atoms with van der Waals surface area (Å²) in [7, 11) is 0. The van der Waals surface area contributed by atoms with E-state index >= 15 is 0 Å². The van der Waals surface area contributed by atoms with E-state index in [2.05, 4.69) is 10.2 Å². The number of rotatable bonds is 6. The van der Waals surface area contributed by atoms with Crippen LogP contribution in [0, 0.1) is 0 Å². The SMILES string of the molecule is O=COC(Cc1cc(C(F)F)n[nH]1)c1ccccc1. The van der Waals surface area contributed by atoms with Gasteiger partial charge in [0.1, 0.15) is 11.8 Å². The van der Waals surface area contributed by atoms with Crippen LogP contribution in [0.15, 0.2) is 36.4 Å². The third kappa shape index (κ3) is 3.37. The molecule has 0 aliphatic rings. The lowest BCUT2D eigenvalue weighted by molar-refractivity contribution is -0.133. The first kappa shape index (κ1) is 13.2. The molecule has 0 radical (unpaired) electrons. The standard InChI is InChI=1S/C13H12F2N2O2/c14-13(15)11-6-10(16-17-11)7-12(19-8-18)9-4-2-1-3-5-9/h1-6,8,12-13H,7H2,(H,16,17). The smallest absolute Gasteiger partial charge is 0.293 e. The molecule has 0 fully saturated rings. The predicted molar refractivity (Wildman–Crippen MR) is 63.6 cm³/mol. The van der Waals surface area contributed by atoms with Gasteiger partial charge in [-0.2, -0.15) is 5.10 Å². The van der Waals surface area contributed by atoms with Gasteiger partial charge >= 0.3 is 0 Å². The van der Waals surface area contributed by atoms with Crippen LogP contribution in [-0.4, -0.2) is 16.7 Å². The first-order valence-electron chi connectivity index (χ1n) is 5.67. The zero-order valence-corrected chi connectivity index (χ0v) is 9.92. The van der Waals surface area contributed by atoms with E-state index in [0.717, 1.165) is 5.56 Å². The Morgan fingerprint density at radius 1 is 1.32 bits per heavy atom. The van der Waals surface area contributed by atoms with E-state index < -0.39 is 12.5 Å². The normalized spacial score (nSPS) is 12.4. The summed E-state index contributed by atoms with van der Waals surface area (Å²) in [5, 5.41) is 6.02. The molecule has 2 aromatic rings. The van der Waals surface area contributed by atoms with Crippen LogP contribution in [-0.2, 0) is 16.0 Å². The van der Waals surface area contributed by atoms with E-state index in [0.29, 0.717) is 12.2 Å². The topological polar surface area (TPSA) is 55.0 Å². The highest BCUT2D eigenvalue weighted by molar-refractivity contribution is 5.39. The van der Waals surface area contributed by atoms with Gasteiger partial charge in [-0.3, -0.25) is 9.89 Å². The molecule has 1 atom stereocenters. The Morgan fingerprint density at radius 2 is 2.05 bits per heavy atom. The fraction of sp³-hybridized carbons (Fsp3) is 0.231. The van der Waals surface area contributed by atoms with Crippen molar-refractivity contribution in [3.8, 4) is 0 Å². The second kappa shape index (κ2) is 6.08. The second-order valence-corrected chi connectivity index (χ2v) is 3.95. The molecule has 1 heterocycles. The molecule has 0 spiro atoms. The Kier molecular flexibility index (Phi) is 4.22. The minimum Gasteiger partial charge on any atom is -0.459 e. The van der Waals surface area contributed by atoms with Crippen LogP contribution < -0.4 is 0 Å². The van der Waals surface area contributed by atoms with Gasteiger partial charge in [0, 0.05) is 12.1 Å². The minimum atomic E-state index is -2.62. The second-order valence-electron chi connectivity index (χ2n) is 3.95. The van der Waals surface area contributed by atoms with Crippen molar-refractivity contribution in [1.82, 2.24) is 10.2 Å². The highest BCUT2D eigenvalue weighted by Crippen LogP contribution is 2.23. The zero-order valence-electron chi connectivity index (χ0n) is 9.92. The fourth-order valence-corrected chi connectivity index (χ4v) is 1.77. The average Bonchev–Trinajstić information content (AvgIpc) is 2.88. The molecule has 0 saturated heterocycles. The quantitative estimate of drug-likeness (QED) is 0.818. The average molecular weight is 266 g/mol. The van der Waals surface area contributed by atoms with Gasteiger partial charge in [0.2, 0.25) is 0 Å². The van der Waals surface area contributed by atoms with E-state index in [1.165, 1.54) is 6.07 Å². The van der Waals surface area contributed by atoms with Crippen molar-refractivity contribution < 1.29 is 18.3 Å². The number of halogens is 2. The Bertz CT molecular complexity index is 528. The van der Waals surface area contributed by atoms with Crippen molar-refractivity contribution in [3.63, 3.8) is 0 Å². The number of aromatic nitrogens is 2.